The van der Waals surface area contributed by atoms with E-state index in [0.717, 1.165) is 12.1 Å². The van der Waals surface area contributed by atoms with Gasteiger partial charge in [-0.15, -0.1) is 0 Å². The second kappa shape index (κ2) is 6.99. The summed E-state index contributed by atoms with van der Waals surface area (Å²) in [5.74, 6) is 0.297. The Bertz CT molecular complexity index is 391. The van der Waals surface area contributed by atoms with Crippen LogP contribution >= 0.6 is 0 Å². The fourth-order valence-corrected chi connectivity index (χ4v) is 1.68. The number of hydrogen-bond acceptors (Lipinski definition) is 4. The molecule has 1 N–H and O–H groups in total. The van der Waals surface area contributed by atoms with Gasteiger partial charge in [0.25, 0.3) is 0 Å². The van der Waals surface area contributed by atoms with Crippen molar-refractivity contribution in [1.29, 1.82) is 0 Å². The first-order chi connectivity index (χ1) is 8.52. The molecule has 1 aromatic rings. The quantitative estimate of drug-likeness (QED) is 0.788. The third-order valence-electron chi connectivity index (χ3n) is 2.74. The molecule has 1 heterocycles. The van der Waals surface area contributed by atoms with Gasteiger partial charge in [0.05, 0.1) is 7.11 Å². The lowest BCUT2D eigenvalue weighted by molar-refractivity contribution is 0.0594. The van der Waals surface area contributed by atoms with Crippen molar-refractivity contribution >= 4 is 11.7 Å². The summed E-state index contributed by atoms with van der Waals surface area (Å²) in [7, 11) is 1.36. The van der Waals surface area contributed by atoms with Crippen LogP contribution in [-0.4, -0.2) is 24.1 Å². The maximum Gasteiger partial charge on any atom is 0.356 e. The Morgan fingerprint density at radius 2 is 2.11 bits per heavy atom. The van der Waals surface area contributed by atoms with Crippen LogP contribution in [0.2, 0.25) is 0 Å². The average molecular weight is 250 g/mol. The first kappa shape index (κ1) is 14.5. The summed E-state index contributed by atoms with van der Waals surface area (Å²) in [6, 6.07) is 3.95. The number of anilines is 1. The van der Waals surface area contributed by atoms with Gasteiger partial charge < -0.3 is 10.1 Å². The molecular weight excluding hydrogens is 228 g/mol. The van der Waals surface area contributed by atoms with Crippen molar-refractivity contribution in [2.75, 3.05) is 12.4 Å². The summed E-state index contributed by atoms with van der Waals surface area (Å²) in [4.78, 5) is 15.3. The third-order valence-corrected chi connectivity index (χ3v) is 2.74. The molecule has 0 radical (unpaired) electrons. The van der Waals surface area contributed by atoms with Crippen LogP contribution in [0.3, 0.4) is 0 Å². The molecule has 4 nitrogen and oxygen atoms in total. The molecule has 1 aromatic heterocycles. The molecule has 0 aromatic carbocycles. The monoisotopic (exact) mass is 250 g/mol. The molecule has 1 atom stereocenters. The van der Waals surface area contributed by atoms with Gasteiger partial charge in [0.15, 0.2) is 0 Å². The van der Waals surface area contributed by atoms with Gasteiger partial charge in [-0.1, -0.05) is 13.8 Å². The van der Waals surface area contributed by atoms with E-state index in [9.17, 15) is 4.79 Å². The van der Waals surface area contributed by atoms with Gasteiger partial charge in [0.2, 0.25) is 0 Å². The molecule has 1 rings (SSSR count). The number of rotatable bonds is 6. The molecule has 18 heavy (non-hydrogen) atoms. The number of nitrogens with zero attached hydrogens (tertiary/aromatic N) is 1. The summed E-state index contributed by atoms with van der Waals surface area (Å²) >= 11 is 0. The van der Waals surface area contributed by atoms with Crippen LogP contribution in [0, 0.1) is 5.92 Å². The minimum absolute atomic E-state index is 0.332. The number of nitrogens with one attached hydrogen (secondary N) is 1. The lowest BCUT2D eigenvalue weighted by Gasteiger charge is -2.16. The molecule has 0 aliphatic carbocycles. The van der Waals surface area contributed by atoms with Crippen molar-refractivity contribution in [1.82, 2.24) is 4.98 Å². The molecule has 4 heteroatoms. The lowest BCUT2D eigenvalue weighted by Crippen LogP contribution is -2.16. The van der Waals surface area contributed by atoms with Gasteiger partial charge in [-0.25, -0.2) is 9.78 Å². The zero-order valence-corrected chi connectivity index (χ0v) is 11.6. The number of esters is 1. The summed E-state index contributed by atoms with van der Waals surface area (Å²) in [6.45, 7) is 6.57. The van der Waals surface area contributed by atoms with E-state index >= 15 is 0 Å². The Morgan fingerprint density at radius 1 is 1.39 bits per heavy atom. The normalized spacial score (nSPS) is 12.3. The summed E-state index contributed by atoms with van der Waals surface area (Å²) in [5, 5.41) is 3.37. The highest BCUT2D eigenvalue weighted by Crippen LogP contribution is 2.14. The minimum atomic E-state index is -0.409. The number of ether oxygens (including phenoxy) is 1. The summed E-state index contributed by atoms with van der Waals surface area (Å²) in [6.07, 6.45) is 3.90. The lowest BCUT2D eigenvalue weighted by atomic mass is 10.0. The predicted molar refractivity (Wildman–Crippen MR) is 72.7 cm³/mol. The SMILES string of the molecule is COC(=O)c1cc(NC(C)CCC(C)C)ccn1. The highest BCUT2D eigenvalue weighted by molar-refractivity contribution is 5.88. The Kier molecular flexibility index (Phi) is 5.62. The number of aromatic nitrogens is 1. The van der Waals surface area contributed by atoms with Crippen LogP contribution in [0.15, 0.2) is 18.3 Å². The van der Waals surface area contributed by atoms with E-state index in [0.29, 0.717) is 17.7 Å². The molecule has 0 aliphatic rings. The van der Waals surface area contributed by atoms with Gasteiger partial charge in [-0.2, -0.15) is 0 Å². The molecule has 0 bridgehead atoms. The number of carbonyl (C=O) groups excluding carboxylic acids is 1. The van der Waals surface area contributed by atoms with E-state index in [4.69, 9.17) is 0 Å². The maximum atomic E-state index is 11.4. The van der Waals surface area contributed by atoms with Crippen molar-refractivity contribution in [3.8, 4) is 0 Å². The molecule has 1 unspecified atom stereocenters. The maximum absolute atomic E-state index is 11.4. The first-order valence-electron chi connectivity index (χ1n) is 6.33. The van der Waals surface area contributed by atoms with Crippen LogP contribution in [0.25, 0.3) is 0 Å². The van der Waals surface area contributed by atoms with Gasteiger partial charge in [-0.05, 0) is 37.8 Å². The fourth-order valence-electron chi connectivity index (χ4n) is 1.68. The highest BCUT2D eigenvalue weighted by Gasteiger charge is 2.09. The van der Waals surface area contributed by atoms with E-state index < -0.39 is 5.97 Å². The molecular formula is C14H22N2O2. The second-order valence-corrected chi connectivity index (χ2v) is 4.94. The van der Waals surface area contributed by atoms with Crippen molar-refractivity contribution in [3.63, 3.8) is 0 Å². The van der Waals surface area contributed by atoms with E-state index in [1.807, 2.05) is 6.07 Å². The molecule has 0 aliphatic heterocycles. The second-order valence-electron chi connectivity index (χ2n) is 4.94. The van der Waals surface area contributed by atoms with E-state index in [-0.39, 0.29) is 0 Å². The number of hydrogen-bond donors (Lipinski definition) is 1. The van der Waals surface area contributed by atoms with Crippen LogP contribution in [0.1, 0.15) is 44.1 Å². The topological polar surface area (TPSA) is 51.2 Å². The molecule has 0 amide bonds. The van der Waals surface area contributed by atoms with Crippen LogP contribution in [0.4, 0.5) is 5.69 Å². The Hall–Kier alpha value is -1.58. The average Bonchev–Trinajstić information content (AvgIpc) is 2.35. The largest absolute Gasteiger partial charge is 0.464 e. The summed E-state index contributed by atoms with van der Waals surface area (Å²) < 4.78 is 4.65. The third kappa shape index (κ3) is 4.73. The Labute approximate surface area is 109 Å². The molecule has 0 spiro atoms. The van der Waals surface area contributed by atoms with Crippen LogP contribution in [0.5, 0.6) is 0 Å². The zero-order valence-electron chi connectivity index (χ0n) is 11.6. The molecule has 0 saturated carbocycles. The van der Waals surface area contributed by atoms with E-state index in [2.05, 4.69) is 35.8 Å². The standard InChI is InChI=1S/C14H22N2O2/c1-10(2)5-6-11(3)16-12-7-8-15-13(9-12)14(17)18-4/h7-11H,5-6H2,1-4H3,(H,15,16). The Balaban J connectivity index is 2.59. The van der Waals surface area contributed by atoms with E-state index in [1.165, 1.54) is 13.5 Å². The highest BCUT2D eigenvalue weighted by atomic mass is 16.5. The van der Waals surface area contributed by atoms with Crippen LogP contribution in [-0.2, 0) is 4.74 Å². The van der Waals surface area contributed by atoms with E-state index in [1.54, 1.807) is 12.3 Å². The number of methoxy groups -OCH3 is 1. The predicted octanol–water partition coefficient (Wildman–Crippen LogP) is 3.10. The fraction of sp³-hybridized carbons (Fsp3) is 0.571. The first-order valence-corrected chi connectivity index (χ1v) is 6.33. The van der Waals surface area contributed by atoms with Gasteiger partial charge in [-0.3, -0.25) is 0 Å². The van der Waals surface area contributed by atoms with Crippen molar-refractivity contribution < 1.29 is 9.53 Å². The minimum Gasteiger partial charge on any atom is -0.464 e. The molecule has 0 saturated heterocycles. The molecule has 100 valence electrons. The van der Waals surface area contributed by atoms with Crippen molar-refractivity contribution in [3.05, 3.63) is 24.0 Å². The van der Waals surface area contributed by atoms with Crippen molar-refractivity contribution in [2.45, 2.75) is 39.7 Å². The Morgan fingerprint density at radius 3 is 2.72 bits per heavy atom. The zero-order chi connectivity index (χ0) is 13.5. The van der Waals surface area contributed by atoms with Crippen LogP contribution < -0.4 is 5.32 Å². The van der Waals surface area contributed by atoms with Crippen molar-refractivity contribution in [2.24, 2.45) is 5.92 Å². The van der Waals surface area contributed by atoms with Gasteiger partial charge in [0.1, 0.15) is 5.69 Å². The number of carbonyl (C=O) groups is 1. The molecule has 0 fully saturated rings. The number of pyridine rings is 1. The summed E-state index contributed by atoms with van der Waals surface area (Å²) in [5.41, 5.74) is 1.24. The van der Waals surface area contributed by atoms with Gasteiger partial charge >= 0.3 is 5.97 Å². The van der Waals surface area contributed by atoms with Gasteiger partial charge in [0, 0.05) is 17.9 Å². The smallest absolute Gasteiger partial charge is 0.356 e.